The van der Waals surface area contributed by atoms with E-state index >= 15 is 8.78 Å². The van der Waals surface area contributed by atoms with E-state index in [4.69, 9.17) is 32.9 Å². The number of hydrogen-bond donors (Lipinski definition) is 3. The van der Waals surface area contributed by atoms with Crippen LogP contribution in [-0.4, -0.2) is 46.3 Å². The number of pyridine rings is 1. The second-order valence-corrected chi connectivity index (χ2v) is 11.8. The van der Waals surface area contributed by atoms with Crippen molar-refractivity contribution in [2.45, 2.75) is 37.8 Å². The normalized spacial score (nSPS) is 17.1. The third-order valence-corrected chi connectivity index (χ3v) is 9.04. The molecule has 0 radical (unpaired) electrons. The monoisotopic (exact) mass is 668 g/mol. The highest BCUT2D eigenvalue weighted by atomic mass is 35.5. The number of fused-ring (bicyclic) bond motifs is 1. The quantitative estimate of drug-likeness (QED) is 0.235. The van der Waals surface area contributed by atoms with E-state index in [2.05, 4.69) is 21.0 Å². The molecule has 14 heteroatoms. The van der Waals surface area contributed by atoms with Gasteiger partial charge in [-0.15, -0.1) is 0 Å². The smallest absolute Gasteiger partial charge is 0.279 e. The van der Waals surface area contributed by atoms with Crippen molar-refractivity contribution in [3.05, 3.63) is 91.3 Å². The van der Waals surface area contributed by atoms with Crippen LogP contribution in [0.15, 0.2) is 47.4 Å². The average Bonchev–Trinajstić information content (AvgIpc) is 3.65. The van der Waals surface area contributed by atoms with Crippen LogP contribution in [0.2, 0.25) is 10.0 Å². The van der Waals surface area contributed by atoms with E-state index in [9.17, 15) is 14.4 Å². The van der Waals surface area contributed by atoms with Crippen molar-refractivity contribution in [3.8, 4) is 28.3 Å². The van der Waals surface area contributed by atoms with Crippen molar-refractivity contribution < 1.29 is 23.1 Å². The second-order valence-electron chi connectivity index (χ2n) is 11.1. The number of carbonyl (C=O) groups excluding carboxylic acids is 2. The number of methoxy groups -OCH3 is 1. The van der Waals surface area contributed by atoms with Crippen molar-refractivity contribution in [1.29, 1.82) is 0 Å². The highest BCUT2D eigenvalue weighted by molar-refractivity contribution is 6.39. The predicted octanol–water partition coefficient (Wildman–Crippen LogP) is 5.21. The Kier molecular flexibility index (Phi) is 8.78. The van der Waals surface area contributed by atoms with Crippen LogP contribution in [0.1, 0.15) is 46.8 Å². The first-order valence-electron chi connectivity index (χ1n) is 14.5. The maximum atomic E-state index is 15.5. The number of nitrogens with zero attached hydrogens (tertiary/aromatic N) is 3. The van der Waals surface area contributed by atoms with E-state index in [0.717, 1.165) is 40.8 Å². The maximum absolute atomic E-state index is 15.5. The number of benzene rings is 2. The zero-order valence-corrected chi connectivity index (χ0v) is 26.2. The second kappa shape index (κ2) is 12.8. The summed E-state index contributed by atoms with van der Waals surface area (Å²) in [5, 5.41) is 12.3. The van der Waals surface area contributed by atoms with Gasteiger partial charge < -0.3 is 20.7 Å². The first kappa shape index (κ1) is 31.6. The molecule has 46 heavy (non-hydrogen) atoms. The molecule has 2 atom stereocenters. The zero-order chi connectivity index (χ0) is 32.7. The molecule has 2 aromatic carbocycles. The van der Waals surface area contributed by atoms with Crippen LogP contribution >= 0.6 is 23.2 Å². The van der Waals surface area contributed by atoms with Gasteiger partial charge in [0.2, 0.25) is 11.8 Å². The highest BCUT2D eigenvalue weighted by Crippen LogP contribution is 2.46. The van der Waals surface area contributed by atoms with Gasteiger partial charge in [0.05, 0.1) is 28.5 Å². The molecule has 0 saturated carbocycles. The molecular weight excluding hydrogens is 641 g/mol. The Morgan fingerprint density at radius 3 is 2.52 bits per heavy atom. The summed E-state index contributed by atoms with van der Waals surface area (Å²) in [5.41, 5.74) is 0.945. The van der Waals surface area contributed by atoms with Gasteiger partial charge in [-0.05, 0) is 61.2 Å². The number of halogens is 4. The predicted molar refractivity (Wildman–Crippen MR) is 169 cm³/mol. The van der Waals surface area contributed by atoms with Gasteiger partial charge in [-0.3, -0.25) is 14.4 Å². The minimum Gasteiger partial charge on any atom is -0.481 e. The molecular formula is C32H28Cl2F2N6O4. The number of amides is 2. The van der Waals surface area contributed by atoms with Crippen molar-refractivity contribution in [2.24, 2.45) is 7.05 Å². The van der Waals surface area contributed by atoms with E-state index in [0.29, 0.717) is 36.5 Å². The average molecular weight is 670 g/mol. The summed E-state index contributed by atoms with van der Waals surface area (Å²) in [4.78, 5) is 41.6. The number of carbonyl (C=O) groups is 2. The summed E-state index contributed by atoms with van der Waals surface area (Å²) >= 11 is 13.4. The third-order valence-electron chi connectivity index (χ3n) is 8.26. The lowest BCUT2D eigenvalue weighted by Gasteiger charge is -2.20. The molecule has 2 aromatic heterocycles. The largest absolute Gasteiger partial charge is 0.481 e. The van der Waals surface area contributed by atoms with Crippen LogP contribution in [0, 0.1) is 11.6 Å². The number of rotatable bonds is 8. The molecule has 3 N–H and O–H groups in total. The Balaban J connectivity index is 1.34. The molecule has 2 amide bonds. The summed E-state index contributed by atoms with van der Waals surface area (Å²) in [6.45, 7) is 0.610. The van der Waals surface area contributed by atoms with Crippen LogP contribution in [0.25, 0.3) is 22.4 Å². The van der Waals surface area contributed by atoms with Crippen LogP contribution in [0.3, 0.4) is 0 Å². The van der Waals surface area contributed by atoms with Gasteiger partial charge >= 0.3 is 0 Å². The minimum atomic E-state index is -0.882. The molecule has 10 nitrogen and oxygen atoms in total. The van der Waals surface area contributed by atoms with Gasteiger partial charge in [0, 0.05) is 60.5 Å². The van der Waals surface area contributed by atoms with Crippen molar-refractivity contribution in [2.75, 3.05) is 19.0 Å². The lowest BCUT2D eigenvalue weighted by atomic mass is 9.98. The highest BCUT2D eigenvalue weighted by Gasteiger charge is 2.31. The SMILES string of the molecule is COc1nc(-c2ccc(F)c(-c3c(F)ccc(NC(=O)c4ccnn(C)c4=O)c3Cl)c2Cl)cc2c1[C@@H](NC[C@@H]1CCC(=O)N1)CC2. The molecule has 6 rings (SSSR count). The number of aryl methyl sites for hydroxylation is 2. The summed E-state index contributed by atoms with van der Waals surface area (Å²) in [6, 6.07) is 7.92. The van der Waals surface area contributed by atoms with Crippen molar-refractivity contribution in [3.63, 3.8) is 0 Å². The standard InChI is InChI=1S/C32H28Cl2F2N6O4/c1-42-32(45)18(11-12-38-42)30(44)40-22-9-7-20(36)27(29(22)34)26-19(35)6-5-17(28(26)33)23-13-15-3-8-21(25(15)31(41-23)46-2)37-14-16-4-10-24(43)39-16/h5-7,9,11-13,16,21,37H,3-4,8,10,14H2,1-2H3,(H,39,43)(H,40,44)/t16-,21-/m0/s1. The molecule has 2 aliphatic rings. The van der Waals surface area contributed by atoms with Gasteiger partial charge in [0.25, 0.3) is 11.5 Å². The zero-order valence-electron chi connectivity index (χ0n) is 24.7. The van der Waals surface area contributed by atoms with Crippen LogP contribution in [0.4, 0.5) is 14.5 Å². The summed E-state index contributed by atoms with van der Waals surface area (Å²) in [7, 11) is 2.90. The van der Waals surface area contributed by atoms with E-state index in [1.54, 1.807) is 0 Å². The third kappa shape index (κ3) is 5.83. The molecule has 0 unspecified atom stereocenters. The van der Waals surface area contributed by atoms with Gasteiger partial charge in [0.1, 0.15) is 17.2 Å². The molecule has 0 spiro atoms. The number of aromatic nitrogens is 3. The number of anilines is 1. The van der Waals surface area contributed by atoms with E-state index in [1.165, 1.54) is 38.6 Å². The van der Waals surface area contributed by atoms with Gasteiger partial charge in [0.15, 0.2) is 0 Å². The van der Waals surface area contributed by atoms with Gasteiger partial charge in [-0.1, -0.05) is 23.2 Å². The first-order chi connectivity index (χ1) is 22.1. The lowest BCUT2D eigenvalue weighted by molar-refractivity contribution is -0.119. The van der Waals surface area contributed by atoms with E-state index in [-0.39, 0.29) is 50.4 Å². The summed E-state index contributed by atoms with van der Waals surface area (Å²) < 4.78 is 37.5. The van der Waals surface area contributed by atoms with Crippen LogP contribution in [-0.2, 0) is 18.3 Å². The Bertz CT molecular complexity index is 1950. The maximum Gasteiger partial charge on any atom is 0.279 e. The van der Waals surface area contributed by atoms with Crippen molar-refractivity contribution in [1.82, 2.24) is 25.4 Å². The van der Waals surface area contributed by atoms with E-state index in [1.807, 2.05) is 6.07 Å². The molecule has 1 saturated heterocycles. The molecule has 1 aliphatic carbocycles. The van der Waals surface area contributed by atoms with Crippen LogP contribution < -0.4 is 26.2 Å². The fourth-order valence-corrected chi connectivity index (χ4v) is 6.58. The fourth-order valence-electron chi connectivity index (χ4n) is 5.94. The topological polar surface area (TPSA) is 127 Å². The van der Waals surface area contributed by atoms with Gasteiger partial charge in [-0.2, -0.15) is 5.10 Å². The van der Waals surface area contributed by atoms with Crippen molar-refractivity contribution >= 4 is 40.7 Å². The molecule has 1 aliphatic heterocycles. The van der Waals surface area contributed by atoms with Gasteiger partial charge in [-0.25, -0.2) is 18.4 Å². The number of ether oxygens (including phenoxy) is 1. The molecule has 238 valence electrons. The Morgan fingerprint density at radius 2 is 1.80 bits per heavy atom. The Morgan fingerprint density at radius 1 is 1.07 bits per heavy atom. The summed E-state index contributed by atoms with van der Waals surface area (Å²) in [6.07, 6.45) is 4.07. The van der Waals surface area contributed by atoms with E-state index < -0.39 is 23.1 Å². The Hall–Kier alpha value is -4.39. The Labute approximate surface area is 272 Å². The summed E-state index contributed by atoms with van der Waals surface area (Å²) in [5.74, 6) is -2.12. The molecule has 4 aromatic rings. The van der Waals surface area contributed by atoms with Crippen LogP contribution in [0.5, 0.6) is 5.88 Å². The molecule has 3 heterocycles. The fraction of sp³-hybridized carbons (Fsp3) is 0.281. The minimum absolute atomic E-state index is 0.0403. The lowest BCUT2D eigenvalue weighted by Crippen LogP contribution is -2.36. The molecule has 1 fully saturated rings. The first-order valence-corrected chi connectivity index (χ1v) is 15.2. The number of nitrogens with one attached hydrogen (secondary N) is 3. The molecule has 0 bridgehead atoms. The number of hydrogen-bond acceptors (Lipinski definition) is 7.